The van der Waals surface area contributed by atoms with Crippen LogP contribution in [0.25, 0.3) is 0 Å². The van der Waals surface area contributed by atoms with E-state index >= 15 is 0 Å². The van der Waals surface area contributed by atoms with E-state index in [0.717, 1.165) is 0 Å². The van der Waals surface area contributed by atoms with E-state index in [4.69, 9.17) is 20.3 Å². The Bertz CT molecular complexity index is 266. The average molecular weight is 247 g/mol. The maximum atomic E-state index is 11.0. The summed E-state index contributed by atoms with van der Waals surface area (Å²) in [4.78, 5) is 21.6. The van der Waals surface area contributed by atoms with Crippen LogP contribution in [-0.4, -0.2) is 56.6 Å². The molecule has 0 rings (SSSR count). The van der Waals surface area contributed by atoms with Gasteiger partial charge in [-0.3, -0.25) is 4.79 Å². The van der Waals surface area contributed by atoms with E-state index in [1.165, 1.54) is 0 Å². The summed E-state index contributed by atoms with van der Waals surface area (Å²) >= 11 is 0. The molecule has 0 aliphatic rings. The molecule has 0 aromatic rings. The Kier molecular flexibility index (Phi) is 8.94. The molecule has 0 aliphatic heterocycles. The molecule has 1 amide bonds. The molecule has 0 radical (unpaired) electrons. The first kappa shape index (κ1) is 15.6. The zero-order chi connectivity index (χ0) is 13.1. The highest BCUT2D eigenvalue weighted by Gasteiger charge is 2.13. The van der Waals surface area contributed by atoms with Crippen LogP contribution >= 0.6 is 0 Å². The van der Waals surface area contributed by atoms with Crippen LogP contribution in [0.1, 0.15) is 0 Å². The highest BCUT2D eigenvalue weighted by atomic mass is 16.6. The van der Waals surface area contributed by atoms with Crippen LogP contribution in [-0.2, 0) is 23.8 Å². The number of hydrogen-bond donors (Lipinski definition) is 2. The number of esters is 1. The van der Waals surface area contributed by atoms with Gasteiger partial charge in [-0.25, -0.2) is 4.79 Å². The lowest BCUT2D eigenvalue weighted by atomic mass is 10.3. The minimum atomic E-state index is -0.909. The summed E-state index contributed by atoms with van der Waals surface area (Å²) in [5.74, 6) is -1.76. The molecule has 0 saturated carbocycles. The third-order valence-corrected chi connectivity index (χ3v) is 1.61. The fourth-order valence-electron chi connectivity index (χ4n) is 0.768. The summed E-state index contributed by atoms with van der Waals surface area (Å²) in [5.41, 5.74) is 4.44. The summed E-state index contributed by atoms with van der Waals surface area (Å²) in [6.45, 7) is 4.26. The molecule has 3 N–H and O–H groups in total. The van der Waals surface area contributed by atoms with Gasteiger partial charge in [-0.2, -0.15) is 0 Å². The molecular weight excluding hydrogens is 230 g/mol. The molecule has 7 nitrogen and oxygen atoms in total. The predicted molar refractivity (Wildman–Crippen MR) is 58.0 cm³/mol. The van der Waals surface area contributed by atoms with Gasteiger partial charge in [0.1, 0.15) is 12.2 Å². The Morgan fingerprint density at radius 3 is 2.12 bits per heavy atom. The summed E-state index contributed by atoms with van der Waals surface area (Å²) in [5, 5.41) is 8.40. The monoisotopic (exact) mass is 247 g/mol. The molecule has 0 atom stereocenters. The van der Waals surface area contributed by atoms with E-state index in [1.54, 1.807) is 0 Å². The van der Waals surface area contributed by atoms with E-state index in [2.05, 4.69) is 11.3 Å². The van der Waals surface area contributed by atoms with E-state index in [-0.39, 0.29) is 26.4 Å². The van der Waals surface area contributed by atoms with Crippen LogP contribution in [0.3, 0.4) is 0 Å². The number of aliphatic hydroxyl groups is 1. The summed E-state index contributed by atoms with van der Waals surface area (Å²) < 4.78 is 14.6. The minimum Gasteiger partial charge on any atom is -0.460 e. The largest absolute Gasteiger partial charge is 0.460 e. The van der Waals surface area contributed by atoms with Gasteiger partial charge in [0.25, 0.3) is 5.91 Å². The molecule has 0 saturated heterocycles. The van der Waals surface area contributed by atoms with Gasteiger partial charge in [-0.05, 0) is 0 Å². The zero-order valence-electron chi connectivity index (χ0n) is 9.52. The lowest BCUT2D eigenvalue weighted by Crippen LogP contribution is -2.22. The number of hydrogen-bond acceptors (Lipinski definition) is 6. The number of rotatable bonds is 10. The maximum absolute atomic E-state index is 11.0. The zero-order valence-corrected chi connectivity index (χ0v) is 9.52. The van der Waals surface area contributed by atoms with Crippen LogP contribution in [0.5, 0.6) is 0 Å². The third-order valence-electron chi connectivity index (χ3n) is 1.61. The van der Waals surface area contributed by atoms with Crippen LogP contribution in [0.2, 0.25) is 0 Å². The van der Waals surface area contributed by atoms with Crippen molar-refractivity contribution in [2.24, 2.45) is 5.73 Å². The van der Waals surface area contributed by atoms with E-state index < -0.39 is 17.4 Å². The van der Waals surface area contributed by atoms with Gasteiger partial charge in [-0.15, -0.1) is 0 Å². The van der Waals surface area contributed by atoms with Crippen molar-refractivity contribution in [1.29, 1.82) is 0 Å². The number of carbonyl (C=O) groups is 2. The van der Waals surface area contributed by atoms with Crippen molar-refractivity contribution in [3.8, 4) is 0 Å². The molecule has 0 aromatic heterocycles. The van der Waals surface area contributed by atoms with Crippen molar-refractivity contribution < 1.29 is 28.9 Å². The van der Waals surface area contributed by atoms with Gasteiger partial charge in [0.15, 0.2) is 0 Å². The van der Waals surface area contributed by atoms with Crippen molar-refractivity contribution in [3.05, 3.63) is 12.2 Å². The standard InChI is InChI=1S/C10H17NO6/c1-8(9(11)13)10(14)17-7-6-16-5-4-15-3-2-12/h12H,1-7H2,(H2,11,13). The number of nitrogens with two attached hydrogens (primary N) is 1. The highest BCUT2D eigenvalue weighted by molar-refractivity contribution is 6.15. The fourth-order valence-corrected chi connectivity index (χ4v) is 0.768. The Hall–Kier alpha value is -1.44. The number of carbonyl (C=O) groups excluding carboxylic acids is 2. The van der Waals surface area contributed by atoms with Crippen molar-refractivity contribution in [3.63, 3.8) is 0 Å². The summed E-state index contributed by atoms with van der Waals surface area (Å²) in [7, 11) is 0. The maximum Gasteiger partial charge on any atom is 0.343 e. The number of aliphatic hydroxyl groups excluding tert-OH is 1. The van der Waals surface area contributed by atoms with Crippen molar-refractivity contribution in [2.45, 2.75) is 0 Å². The Balaban J connectivity index is 3.37. The third kappa shape index (κ3) is 8.38. The Morgan fingerprint density at radius 1 is 1.06 bits per heavy atom. The molecule has 0 fully saturated rings. The molecule has 17 heavy (non-hydrogen) atoms. The van der Waals surface area contributed by atoms with E-state index in [9.17, 15) is 9.59 Å². The lowest BCUT2D eigenvalue weighted by Gasteiger charge is -2.06. The van der Waals surface area contributed by atoms with E-state index in [1.807, 2.05) is 0 Å². The second-order valence-corrected chi connectivity index (χ2v) is 2.93. The van der Waals surface area contributed by atoms with Gasteiger partial charge in [0.2, 0.25) is 0 Å². The molecule has 0 heterocycles. The normalized spacial score (nSPS) is 9.94. The fraction of sp³-hybridized carbons (Fsp3) is 0.600. The van der Waals surface area contributed by atoms with Crippen LogP contribution in [0.15, 0.2) is 12.2 Å². The molecule has 0 aromatic carbocycles. The van der Waals surface area contributed by atoms with Crippen LogP contribution in [0, 0.1) is 0 Å². The van der Waals surface area contributed by atoms with Gasteiger partial charge in [0, 0.05) is 0 Å². The number of primary amides is 1. The molecule has 98 valence electrons. The number of amides is 1. The average Bonchev–Trinajstić information content (AvgIpc) is 2.31. The quantitative estimate of drug-likeness (QED) is 0.161. The molecule has 0 bridgehead atoms. The minimum absolute atomic E-state index is 0.00509. The van der Waals surface area contributed by atoms with Crippen LogP contribution in [0.4, 0.5) is 0 Å². The van der Waals surface area contributed by atoms with Crippen molar-refractivity contribution in [2.75, 3.05) is 39.6 Å². The van der Waals surface area contributed by atoms with Gasteiger partial charge < -0.3 is 25.1 Å². The summed E-state index contributed by atoms with van der Waals surface area (Å²) in [6.07, 6.45) is 0. The van der Waals surface area contributed by atoms with Crippen molar-refractivity contribution in [1.82, 2.24) is 0 Å². The van der Waals surface area contributed by atoms with E-state index in [0.29, 0.717) is 13.2 Å². The SMILES string of the molecule is C=C(C(N)=O)C(=O)OCCOCCOCCO. The topological polar surface area (TPSA) is 108 Å². The summed E-state index contributed by atoms with van der Waals surface area (Å²) in [6, 6.07) is 0. The number of ether oxygens (including phenoxy) is 3. The second-order valence-electron chi connectivity index (χ2n) is 2.93. The first-order chi connectivity index (χ1) is 8.09. The molecule has 0 spiro atoms. The Labute approximate surface area is 99.1 Å². The highest BCUT2D eigenvalue weighted by Crippen LogP contribution is 1.93. The smallest absolute Gasteiger partial charge is 0.343 e. The first-order valence-electron chi connectivity index (χ1n) is 5.01. The second kappa shape index (κ2) is 9.76. The van der Waals surface area contributed by atoms with Crippen molar-refractivity contribution >= 4 is 11.9 Å². The molecular formula is C10H17NO6. The van der Waals surface area contributed by atoms with Crippen LogP contribution < -0.4 is 5.73 Å². The Morgan fingerprint density at radius 2 is 1.59 bits per heavy atom. The van der Waals surface area contributed by atoms with Gasteiger partial charge in [-0.1, -0.05) is 6.58 Å². The lowest BCUT2D eigenvalue weighted by molar-refractivity contribution is -0.142. The molecule has 0 aliphatic carbocycles. The molecule has 7 heteroatoms. The predicted octanol–water partition coefficient (Wildman–Crippen LogP) is -1.40. The van der Waals surface area contributed by atoms with Gasteiger partial charge >= 0.3 is 5.97 Å². The first-order valence-corrected chi connectivity index (χ1v) is 5.01. The molecule has 0 unspecified atom stereocenters. The van der Waals surface area contributed by atoms with Gasteiger partial charge in [0.05, 0.1) is 33.0 Å².